The summed E-state index contributed by atoms with van der Waals surface area (Å²) in [6.45, 7) is 6.91. The Balaban J connectivity index is 0.000000267. The summed E-state index contributed by atoms with van der Waals surface area (Å²) in [5.41, 5.74) is 7.44. The molecule has 2 aliphatic carbocycles. The van der Waals surface area contributed by atoms with Crippen molar-refractivity contribution >= 4 is 17.9 Å². The molecule has 3 N–H and O–H groups in total. The maximum absolute atomic E-state index is 10.2. The topological polar surface area (TPSA) is 112 Å². The van der Waals surface area contributed by atoms with Gasteiger partial charge in [-0.3, -0.25) is 0 Å². The Labute approximate surface area is 251 Å². The SMILES string of the molecule is CC1=C(C)C(C)C2=C1[CH-]CCC2.O=C(O)c1ccccc1.O=C(O)c1ccccc1.O=C(O)c1ccccc1.[Ti]. The number of aromatic carboxylic acids is 3. The van der Waals surface area contributed by atoms with E-state index in [0.717, 1.165) is 5.92 Å². The predicted molar refractivity (Wildman–Crippen MR) is 153 cm³/mol. The number of carboxylic acids is 3. The van der Waals surface area contributed by atoms with Gasteiger partial charge in [0, 0.05) is 21.7 Å². The van der Waals surface area contributed by atoms with Crippen molar-refractivity contribution in [2.45, 2.75) is 40.0 Å². The molecule has 1 atom stereocenters. The average molecular weight is 576 g/mol. The van der Waals surface area contributed by atoms with Crippen molar-refractivity contribution in [2.24, 2.45) is 5.92 Å². The molecule has 40 heavy (non-hydrogen) atoms. The van der Waals surface area contributed by atoms with Crippen LogP contribution in [0.25, 0.3) is 0 Å². The molecule has 0 amide bonds. The zero-order valence-corrected chi connectivity index (χ0v) is 24.6. The second-order valence-corrected chi connectivity index (χ2v) is 9.08. The van der Waals surface area contributed by atoms with Gasteiger partial charge >= 0.3 is 17.9 Å². The second-order valence-electron chi connectivity index (χ2n) is 9.08. The monoisotopic (exact) mass is 575 g/mol. The molecule has 0 saturated heterocycles. The minimum Gasteiger partial charge on any atom is -0.478 e. The van der Waals surface area contributed by atoms with Gasteiger partial charge in [0.2, 0.25) is 0 Å². The van der Waals surface area contributed by atoms with Crippen LogP contribution in [0.15, 0.2) is 113 Å². The molecule has 0 heterocycles. The van der Waals surface area contributed by atoms with E-state index in [1.807, 2.05) is 0 Å². The fourth-order valence-corrected chi connectivity index (χ4v) is 4.19. The Kier molecular flexibility index (Phi) is 15.1. The Morgan fingerprint density at radius 1 is 0.675 bits per heavy atom. The van der Waals surface area contributed by atoms with Crippen molar-refractivity contribution in [3.05, 3.63) is 136 Å². The first-order valence-corrected chi connectivity index (χ1v) is 12.7. The Morgan fingerprint density at radius 3 is 1.30 bits per heavy atom. The Morgan fingerprint density at radius 2 is 1.02 bits per heavy atom. The fourth-order valence-electron chi connectivity index (χ4n) is 4.19. The summed E-state index contributed by atoms with van der Waals surface area (Å²) in [6.07, 6.45) is 6.42. The van der Waals surface area contributed by atoms with E-state index < -0.39 is 17.9 Å². The van der Waals surface area contributed by atoms with Gasteiger partial charge in [0.05, 0.1) is 16.7 Å². The van der Waals surface area contributed by atoms with Crippen LogP contribution in [-0.4, -0.2) is 33.2 Å². The van der Waals surface area contributed by atoms with Gasteiger partial charge < -0.3 is 15.3 Å². The van der Waals surface area contributed by atoms with Crippen molar-refractivity contribution < 1.29 is 51.4 Å². The fraction of sp³-hybridized carbons (Fsp3) is 0.212. The van der Waals surface area contributed by atoms with Crippen LogP contribution in [0.5, 0.6) is 0 Å². The van der Waals surface area contributed by atoms with Crippen LogP contribution in [0.2, 0.25) is 0 Å². The van der Waals surface area contributed by atoms with E-state index in [4.69, 9.17) is 15.3 Å². The maximum atomic E-state index is 10.2. The molecule has 0 saturated carbocycles. The first-order chi connectivity index (χ1) is 18.6. The third-order valence-electron chi connectivity index (χ3n) is 6.57. The van der Waals surface area contributed by atoms with Gasteiger partial charge in [-0.25, -0.2) is 14.4 Å². The summed E-state index contributed by atoms with van der Waals surface area (Å²) < 4.78 is 0. The van der Waals surface area contributed by atoms with Crippen LogP contribution in [0.4, 0.5) is 0 Å². The van der Waals surface area contributed by atoms with E-state index in [1.54, 1.807) is 113 Å². The van der Waals surface area contributed by atoms with Crippen molar-refractivity contribution in [3.8, 4) is 0 Å². The van der Waals surface area contributed by atoms with Crippen molar-refractivity contribution in [1.29, 1.82) is 0 Å². The normalized spacial score (nSPS) is 14.7. The van der Waals surface area contributed by atoms with E-state index in [9.17, 15) is 14.4 Å². The van der Waals surface area contributed by atoms with Crippen LogP contribution >= 0.6 is 0 Å². The van der Waals surface area contributed by atoms with Gasteiger partial charge in [-0.2, -0.15) is 23.1 Å². The Bertz CT molecular complexity index is 1180. The summed E-state index contributed by atoms with van der Waals surface area (Å²) in [4.78, 5) is 30.6. The van der Waals surface area contributed by atoms with Crippen LogP contribution in [-0.2, 0) is 21.7 Å². The summed E-state index contributed by atoms with van der Waals surface area (Å²) >= 11 is 0. The van der Waals surface area contributed by atoms with E-state index in [0.29, 0.717) is 16.7 Å². The van der Waals surface area contributed by atoms with Crippen LogP contribution in [0.1, 0.15) is 71.1 Å². The molecule has 0 aromatic heterocycles. The molecule has 0 spiro atoms. The number of carboxylic acid groups (broad SMARTS) is 3. The Hall–Kier alpha value is -3.87. The zero-order chi connectivity index (χ0) is 28.8. The molecule has 0 radical (unpaired) electrons. The molecule has 7 heteroatoms. The van der Waals surface area contributed by atoms with Crippen LogP contribution in [0.3, 0.4) is 0 Å². The molecule has 6 nitrogen and oxygen atoms in total. The number of hydrogen-bond acceptors (Lipinski definition) is 3. The summed E-state index contributed by atoms with van der Waals surface area (Å²) in [6, 6.07) is 24.9. The molecule has 1 unspecified atom stereocenters. The predicted octanol–water partition coefficient (Wildman–Crippen LogP) is 7.81. The number of hydrogen-bond donors (Lipinski definition) is 3. The molecule has 208 valence electrons. The van der Waals surface area contributed by atoms with E-state index in [-0.39, 0.29) is 21.7 Å². The standard InChI is InChI=1S/C12H17.3C7H6O2.Ti/c1-8-9(2)11-6-4-5-7-12(11)10(8)3;3*8-7(9)6-4-2-1-3-5-6;/h6,10H,4-5,7H2,1-3H3;3*1-5H,(H,8,9);/q-1;;;;. The molecule has 3 aromatic carbocycles. The largest absolute Gasteiger partial charge is 0.478 e. The number of rotatable bonds is 3. The van der Waals surface area contributed by atoms with Crippen molar-refractivity contribution in [3.63, 3.8) is 0 Å². The smallest absolute Gasteiger partial charge is 0.335 e. The molecule has 0 bridgehead atoms. The van der Waals surface area contributed by atoms with Gasteiger partial charge in [0.15, 0.2) is 0 Å². The molecule has 0 aliphatic heterocycles. The van der Waals surface area contributed by atoms with Gasteiger partial charge in [-0.1, -0.05) is 101 Å². The van der Waals surface area contributed by atoms with E-state index in [2.05, 4.69) is 27.2 Å². The van der Waals surface area contributed by atoms with E-state index >= 15 is 0 Å². The third kappa shape index (κ3) is 10.7. The van der Waals surface area contributed by atoms with Crippen molar-refractivity contribution in [2.75, 3.05) is 0 Å². The van der Waals surface area contributed by atoms with Gasteiger partial charge in [0.1, 0.15) is 0 Å². The maximum Gasteiger partial charge on any atom is 0.335 e. The molecule has 3 aromatic rings. The molecule has 0 fully saturated rings. The molecular formula is C33H35O6Ti-. The van der Waals surface area contributed by atoms with Gasteiger partial charge in [0.25, 0.3) is 0 Å². The van der Waals surface area contributed by atoms with Crippen LogP contribution in [0, 0.1) is 12.3 Å². The average Bonchev–Trinajstić information content (AvgIpc) is 3.19. The summed E-state index contributed by atoms with van der Waals surface area (Å²) in [7, 11) is 0. The number of allylic oxidation sites excluding steroid dienone is 4. The minimum atomic E-state index is -0.879. The molecular weight excluding hydrogens is 540 g/mol. The van der Waals surface area contributed by atoms with E-state index in [1.165, 1.54) is 19.3 Å². The quantitative estimate of drug-likeness (QED) is 0.217. The summed E-state index contributed by atoms with van der Waals surface area (Å²) in [5.74, 6) is -1.90. The first kappa shape index (κ1) is 34.2. The minimum absolute atomic E-state index is 0. The summed E-state index contributed by atoms with van der Waals surface area (Å²) in [5, 5.41) is 25.2. The van der Waals surface area contributed by atoms with Crippen LogP contribution < -0.4 is 0 Å². The van der Waals surface area contributed by atoms with Gasteiger partial charge in [-0.05, 0) is 36.4 Å². The second kappa shape index (κ2) is 17.7. The third-order valence-corrected chi connectivity index (χ3v) is 6.57. The van der Waals surface area contributed by atoms with Crippen molar-refractivity contribution in [1.82, 2.24) is 0 Å². The zero-order valence-electron chi connectivity index (χ0n) is 23.0. The molecule has 5 rings (SSSR count). The molecule has 2 aliphatic rings. The first-order valence-electron chi connectivity index (χ1n) is 12.7. The van der Waals surface area contributed by atoms with Gasteiger partial charge in [-0.15, -0.1) is 5.57 Å². The number of carbonyl (C=O) groups is 3. The number of benzene rings is 3.